The maximum atomic E-state index is 11.1. The van der Waals surface area contributed by atoms with Gasteiger partial charge in [0.25, 0.3) is 5.56 Å². The molecule has 7 nitrogen and oxygen atoms in total. The van der Waals surface area contributed by atoms with Crippen LogP contribution in [0.5, 0.6) is 0 Å². The van der Waals surface area contributed by atoms with Crippen LogP contribution in [0.1, 0.15) is 0 Å². The Morgan fingerprint density at radius 3 is 3.00 bits per heavy atom. The smallest absolute Gasteiger partial charge is 0.325 e. The minimum Gasteiger partial charge on any atom is -0.468 e. The second kappa shape index (κ2) is 4.45. The first-order valence-electron chi connectivity index (χ1n) is 4.17. The van der Waals surface area contributed by atoms with Gasteiger partial charge in [-0.05, 0) is 0 Å². The lowest BCUT2D eigenvalue weighted by Crippen LogP contribution is -2.29. The van der Waals surface area contributed by atoms with Gasteiger partial charge in [-0.1, -0.05) is 0 Å². The number of anilines is 2. The Kier molecular flexibility index (Phi) is 3.27. The predicted molar refractivity (Wildman–Crippen MR) is 54.6 cm³/mol. The normalized spacial score (nSPS) is 9.73. The molecule has 1 heterocycles. The van der Waals surface area contributed by atoms with Crippen LogP contribution in [0.15, 0.2) is 11.1 Å². The van der Waals surface area contributed by atoms with E-state index in [0.29, 0.717) is 0 Å². The minimum absolute atomic E-state index is 0.0167. The summed E-state index contributed by atoms with van der Waals surface area (Å²) in [6, 6.07) is 0. The monoisotopic (exact) mass is 212 g/mol. The molecule has 15 heavy (non-hydrogen) atoms. The zero-order valence-electron chi connectivity index (χ0n) is 8.48. The summed E-state index contributed by atoms with van der Waals surface area (Å²) in [5.41, 5.74) is 5.04. The topological polar surface area (TPSA) is 101 Å². The van der Waals surface area contributed by atoms with E-state index in [-0.39, 0.29) is 18.1 Å². The van der Waals surface area contributed by atoms with Gasteiger partial charge in [0.15, 0.2) is 5.82 Å². The molecule has 82 valence electrons. The first kappa shape index (κ1) is 11.0. The number of nitrogen functional groups attached to an aromatic ring is 1. The molecule has 7 heteroatoms. The molecule has 0 spiro atoms. The molecule has 0 saturated carbocycles. The lowest BCUT2D eigenvalue weighted by atomic mass is 10.4. The number of esters is 1. The molecule has 1 aromatic heterocycles. The van der Waals surface area contributed by atoms with Crippen LogP contribution in [0.25, 0.3) is 0 Å². The van der Waals surface area contributed by atoms with E-state index in [9.17, 15) is 9.59 Å². The van der Waals surface area contributed by atoms with Gasteiger partial charge in [-0.2, -0.15) is 0 Å². The number of ether oxygens (including phenoxy) is 1. The molecule has 0 aromatic carbocycles. The highest BCUT2D eigenvalue weighted by atomic mass is 16.5. The molecule has 0 aliphatic rings. The van der Waals surface area contributed by atoms with Crippen molar-refractivity contribution in [3.8, 4) is 0 Å². The number of nitrogens with two attached hydrogens (primary N) is 1. The molecule has 3 N–H and O–H groups in total. The SMILES string of the molecule is COC(=O)CN(C)c1nc[nH]c(=O)c1N. The Balaban J connectivity index is 2.91. The highest BCUT2D eigenvalue weighted by molar-refractivity contribution is 5.76. The first-order chi connectivity index (χ1) is 7.06. The van der Waals surface area contributed by atoms with E-state index < -0.39 is 11.5 Å². The van der Waals surface area contributed by atoms with Crippen LogP contribution in [0, 0.1) is 0 Å². The van der Waals surface area contributed by atoms with Crippen LogP contribution >= 0.6 is 0 Å². The summed E-state index contributed by atoms with van der Waals surface area (Å²) >= 11 is 0. The lowest BCUT2D eigenvalue weighted by Gasteiger charge is -2.17. The third-order valence-corrected chi connectivity index (χ3v) is 1.82. The summed E-state index contributed by atoms with van der Waals surface area (Å²) in [5.74, 6) is -0.178. The standard InChI is InChI=1S/C8H12N4O3/c1-12(3-5(13)15-2)7-6(9)8(14)11-4-10-7/h4H,3,9H2,1-2H3,(H,10,11,14). The highest BCUT2D eigenvalue weighted by Gasteiger charge is 2.12. The number of aromatic amines is 1. The van der Waals surface area contributed by atoms with Gasteiger partial charge in [0.1, 0.15) is 12.2 Å². The quantitative estimate of drug-likeness (QED) is 0.621. The number of carbonyl (C=O) groups is 1. The van der Waals surface area contributed by atoms with Gasteiger partial charge in [0, 0.05) is 7.05 Å². The van der Waals surface area contributed by atoms with Gasteiger partial charge >= 0.3 is 5.97 Å². The highest BCUT2D eigenvalue weighted by Crippen LogP contribution is 2.12. The van der Waals surface area contributed by atoms with Crippen molar-refractivity contribution in [1.29, 1.82) is 0 Å². The van der Waals surface area contributed by atoms with Gasteiger partial charge in [-0.3, -0.25) is 9.59 Å². The number of likely N-dealkylation sites (N-methyl/N-ethyl adjacent to an activating group) is 1. The van der Waals surface area contributed by atoms with Crippen molar-refractivity contribution in [1.82, 2.24) is 9.97 Å². The molecule has 0 atom stereocenters. The van der Waals surface area contributed by atoms with Gasteiger partial charge in [0.05, 0.1) is 13.4 Å². The average Bonchev–Trinajstić information content (AvgIpc) is 2.21. The predicted octanol–water partition coefficient (Wildman–Crippen LogP) is -1.04. The Labute approximate surface area is 85.9 Å². The molecule has 0 unspecified atom stereocenters. The second-order valence-corrected chi connectivity index (χ2v) is 2.90. The number of carbonyl (C=O) groups excluding carboxylic acids is 1. The van der Waals surface area contributed by atoms with E-state index in [1.165, 1.54) is 18.3 Å². The molecule has 1 aromatic rings. The Morgan fingerprint density at radius 1 is 1.73 bits per heavy atom. The summed E-state index contributed by atoms with van der Waals surface area (Å²) in [6.07, 6.45) is 1.22. The average molecular weight is 212 g/mol. The van der Waals surface area contributed by atoms with Crippen molar-refractivity contribution < 1.29 is 9.53 Å². The summed E-state index contributed by atoms with van der Waals surface area (Å²) in [6.45, 7) is -0.0167. The maximum absolute atomic E-state index is 11.1. The van der Waals surface area contributed by atoms with Crippen LogP contribution in [-0.2, 0) is 9.53 Å². The van der Waals surface area contributed by atoms with E-state index in [2.05, 4.69) is 14.7 Å². The van der Waals surface area contributed by atoms with Gasteiger partial charge in [-0.15, -0.1) is 0 Å². The minimum atomic E-state index is -0.434. The van der Waals surface area contributed by atoms with Crippen LogP contribution in [0.3, 0.4) is 0 Å². The van der Waals surface area contributed by atoms with Crippen LogP contribution in [0.4, 0.5) is 11.5 Å². The number of H-pyrrole nitrogens is 1. The zero-order chi connectivity index (χ0) is 11.4. The van der Waals surface area contributed by atoms with Gasteiger partial charge in [-0.25, -0.2) is 4.98 Å². The van der Waals surface area contributed by atoms with Crippen LogP contribution in [-0.4, -0.2) is 36.6 Å². The van der Waals surface area contributed by atoms with Gasteiger partial charge < -0.3 is 20.4 Å². The Hall–Kier alpha value is -2.05. The molecular weight excluding hydrogens is 200 g/mol. The first-order valence-corrected chi connectivity index (χ1v) is 4.17. The number of methoxy groups -OCH3 is 1. The molecule has 0 bridgehead atoms. The van der Waals surface area contributed by atoms with Crippen LogP contribution in [0.2, 0.25) is 0 Å². The molecule has 0 aliphatic carbocycles. The van der Waals surface area contributed by atoms with Crippen LogP contribution < -0.4 is 16.2 Å². The molecule has 0 fully saturated rings. The third kappa shape index (κ3) is 2.46. The number of aromatic nitrogens is 2. The van der Waals surface area contributed by atoms with Crippen molar-refractivity contribution in [3.05, 3.63) is 16.7 Å². The Morgan fingerprint density at radius 2 is 2.40 bits per heavy atom. The second-order valence-electron chi connectivity index (χ2n) is 2.90. The largest absolute Gasteiger partial charge is 0.468 e. The van der Waals surface area contributed by atoms with Gasteiger partial charge in [0.2, 0.25) is 0 Å². The fraction of sp³-hybridized carbons (Fsp3) is 0.375. The number of rotatable bonds is 3. The molecule has 0 amide bonds. The number of hydrogen-bond donors (Lipinski definition) is 2. The summed E-state index contributed by atoms with van der Waals surface area (Å²) in [5, 5.41) is 0. The zero-order valence-corrected chi connectivity index (χ0v) is 8.48. The lowest BCUT2D eigenvalue weighted by molar-refractivity contribution is -0.138. The molecule has 0 radical (unpaired) electrons. The van der Waals surface area contributed by atoms with E-state index in [1.54, 1.807) is 7.05 Å². The summed E-state index contributed by atoms with van der Waals surface area (Å²) < 4.78 is 4.48. The summed E-state index contributed by atoms with van der Waals surface area (Å²) in [7, 11) is 2.87. The van der Waals surface area contributed by atoms with E-state index in [0.717, 1.165) is 0 Å². The van der Waals surface area contributed by atoms with E-state index in [4.69, 9.17) is 5.73 Å². The maximum Gasteiger partial charge on any atom is 0.325 e. The number of hydrogen-bond acceptors (Lipinski definition) is 6. The molecular formula is C8H12N4O3. The number of nitrogens with one attached hydrogen (secondary N) is 1. The fourth-order valence-electron chi connectivity index (χ4n) is 1.04. The molecule has 0 saturated heterocycles. The Bertz CT molecular complexity index is 415. The van der Waals surface area contributed by atoms with Crippen molar-refractivity contribution in [2.45, 2.75) is 0 Å². The third-order valence-electron chi connectivity index (χ3n) is 1.82. The van der Waals surface area contributed by atoms with Crippen molar-refractivity contribution in [2.24, 2.45) is 0 Å². The van der Waals surface area contributed by atoms with Crippen molar-refractivity contribution in [3.63, 3.8) is 0 Å². The van der Waals surface area contributed by atoms with E-state index in [1.807, 2.05) is 0 Å². The van der Waals surface area contributed by atoms with Crippen molar-refractivity contribution >= 4 is 17.5 Å². The molecule has 0 aliphatic heterocycles. The van der Waals surface area contributed by atoms with Crippen molar-refractivity contribution in [2.75, 3.05) is 31.3 Å². The fourth-order valence-corrected chi connectivity index (χ4v) is 1.04. The van der Waals surface area contributed by atoms with E-state index >= 15 is 0 Å². The molecule has 1 rings (SSSR count). The number of nitrogens with zero attached hydrogens (tertiary/aromatic N) is 2. The summed E-state index contributed by atoms with van der Waals surface area (Å²) in [4.78, 5) is 29.7.